The van der Waals surface area contributed by atoms with Crippen LogP contribution in [0.1, 0.15) is 11.3 Å². The number of hydrogen-bond donors (Lipinski definition) is 2. The number of H-pyrrole nitrogens is 1. The summed E-state index contributed by atoms with van der Waals surface area (Å²) in [4.78, 5) is 9.50. The van der Waals surface area contributed by atoms with Crippen LogP contribution in [0.3, 0.4) is 0 Å². The molecule has 1 aromatic carbocycles. The zero-order chi connectivity index (χ0) is 15.0. The third-order valence-electron chi connectivity index (χ3n) is 3.60. The molecular formula is C13H15BrN4O2S. The van der Waals surface area contributed by atoms with E-state index >= 15 is 0 Å². The van der Waals surface area contributed by atoms with Gasteiger partial charge >= 0.3 is 0 Å². The molecule has 0 fully saturated rings. The standard InChI is InChI=1S/C13H15BrN4O2S/c1-15-21(19,20)13-5-12-9(4-11(13)14)2-3-18(12)7-10-6-16-8-17-10/h4-6,8,15H,2-3,7H2,1H3,(H,16,17). The first-order valence-electron chi connectivity index (χ1n) is 6.49. The molecule has 0 saturated heterocycles. The molecule has 0 saturated carbocycles. The predicted molar refractivity (Wildman–Crippen MR) is 83.7 cm³/mol. The van der Waals surface area contributed by atoms with E-state index in [0.29, 0.717) is 11.0 Å². The van der Waals surface area contributed by atoms with Gasteiger partial charge in [0.05, 0.1) is 23.5 Å². The number of anilines is 1. The van der Waals surface area contributed by atoms with Crippen molar-refractivity contribution in [2.45, 2.75) is 17.9 Å². The normalized spacial score (nSPS) is 14.5. The Morgan fingerprint density at radius 3 is 2.95 bits per heavy atom. The van der Waals surface area contributed by atoms with Gasteiger partial charge in [-0.2, -0.15) is 0 Å². The molecule has 0 amide bonds. The molecule has 6 nitrogen and oxygen atoms in total. The van der Waals surface area contributed by atoms with Gasteiger partial charge in [0.15, 0.2) is 0 Å². The van der Waals surface area contributed by atoms with E-state index in [-0.39, 0.29) is 4.90 Å². The van der Waals surface area contributed by atoms with E-state index in [0.717, 1.165) is 29.9 Å². The predicted octanol–water partition coefficient (Wildman–Crippen LogP) is 1.64. The van der Waals surface area contributed by atoms with Gasteiger partial charge in [-0.25, -0.2) is 18.1 Å². The lowest BCUT2D eigenvalue weighted by Crippen LogP contribution is -2.22. The summed E-state index contributed by atoms with van der Waals surface area (Å²) in [6, 6.07) is 3.63. The maximum Gasteiger partial charge on any atom is 0.241 e. The number of nitrogens with zero attached hydrogens (tertiary/aromatic N) is 2. The Morgan fingerprint density at radius 2 is 2.29 bits per heavy atom. The van der Waals surface area contributed by atoms with Gasteiger partial charge < -0.3 is 9.88 Å². The summed E-state index contributed by atoms with van der Waals surface area (Å²) < 4.78 is 27.1. The van der Waals surface area contributed by atoms with Crippen molar-refractivity contribution >= 4 is 31.6 Å². The Balaban J connectivity index is 2.00. The molecule has 0 radical (unpaired) electrons. The molecule has 21 heavy (non-hydrogen) atoms. The van der Waals surface area contributed by atoms with E-state index in [1.54, 1.807) is 18.6 Å². The number of hydrogen-bond acceptors (Lipinski definition) is 4. The van der Waals surface area contributed by atoms with Crippen LogP contribution in [0.2, 0.25) is 0 Å². The van der Waals surface area contributed by atoms with Crippen LogP contribution in [0.15, 0.2) is 34.0 Å². The summed E-state index contributed by atoms with van der Waals surface area (Å²) in [5, 5.41) is 0. The van der Waals surface area contributed by atoms with E-state index in [2.05, 4.69) is 35.5 Å². The lowest BCUT2D eigenvalue weighted by Gasteiger charge is -2.19. The number of benzene rings is 1. The van der Waals surface area contributed by atoms with Crippen LogP contribution in [-0.2, 0) is 23.0 Å². The fraction of sp³-hybridized carbons (Fsp3) is 0.308. The molecule has 0 spiro atoms. The second-order valence-corrected chi connectivity index (χ2v) is 7.58. The maximum absolute atomic E-state index is 12.1. The molecule has 2 heterocycles. The van der Waals surface area contributed by atoms with Gasteiger partial charge in [0.25, 0.3) is 0 Å². The number of aromatic amines is 1. The molecule has 1 aliphatic heterocycles. The van der Waals surface area contributed by atoms with Crippen molar-refractivity contribution in [3.05, 3.63) is 40.4 Å². The fourth-order valence-corrected chi connectivity index (χ4v) is 4.34. The Hall–Kier alpha value is -1.38. The minimum atomic E-state index is -3.48. The summed E-state index contributed by atoms with van der Waals surface area (Å²) >= 11 is 3.35. The molecule has 0 bridgehead atoms. The first-order chi connectivity index (χ1) is 10.0. The highest BCUT2D eigenvalue weighted by Gasteiger charge is 2.25. The van der Waals surface area contributed by atoms with Crippen molar-refractivity contribution in [2.24, 2.45) is 0 Å². The number of nitrogens with one attached hydrogen (secondary N) is 2. The van der Waals surface area contributed by atoms with Gasteiger partial charge in [-0.05, 0) is 47.1 Å². The van der Waals surface area contributed by atoms with Gasteiger partial charge in [-0.15, -0.1) is 0 Å². The molecule has 0 unspecified atom stereocenters. The largest absolute Gasteiger partial charge is 0.365 e. The lowest BCUT2D eigenvalue weighted by atomic mass is 10.2. The minimum absolute atomic E-state index is 0.264. The third-order valence-corrected chi connectivity index (χ3v) is 5.97. The van der Waals surface area contributed by atoms with Crippen LogP contribution in [0.25, 0.3) is 0 Å². The highest BCUT2D eigenvalue weighted by atomic mass is 79.9. The molecular weight excluding hydrogens is 356 g/mol. The summed E-state index contributed by atoms with van der Waals surface area (Å²) in [6.45, 7) is 1.55. The highest BCUT2D eigenvalue weighted by Crippen LogP contribution is 2.35. The molecule has 0 atom stereocenters. The first kappa shape index (κ1) is 14.6. The van der Waals surface area contributed by atoms with Gasteiger partial charge in [0.1, 0.15) is 0 Å². The number of imidazole rings is 1. The quantitative estimate of drug-likeness (QED) is 0.857. The van der Waals surface area contributed by atoms with Gasteiger partial charge in [-0.1, -0.05) is 0 Å². The number of sulfonamides is 1. The number of rotatable bonds is 4. The minimum Gasteiger partial charge on any atom is -0.365 e. The van der Waals surface area contributed by atoms with Crippen LogP contribution in [0, 0.1) is 0 Å². The molecule has 3 rings (SSSR count). The van der Waals surface area contributed by atoms with Gasteiger partial charge in [0.2, 0.25) is 10.0 Å². The second-order valence-electron chi connectivity index (χ2n) is 4.87. The topological polar surface area (TPSA) is 78.1 Å². The van der Waals surface area contributed by atoms with Crippen LogP contribution < -0.4 is 9.62 Å². The van der Waals surface area contributed by atoms with E-state index in [1.165, 1.54) is 7.05 Å². The van der Waals surface area contributed by atoms with Crippen LogP contribution in [0.4, 0.5) is 5.69 Å². The van der Waals surface area contributed by atoms with Crippen LogP contribution >= 0.6 is 15.9 Å². The highest BCUT2D eigenvalue weighted by molar-refractivity contribution is 9.10. The second kappa shape index (κ2) is 5.43. The number of halogens is 1. The van der Waals surface area contributed by atoms with Crippen LogP contribution in [0.5, 0.6) is 0 Å². The Kier molecular flexibility index (Phi) is 3.76. The molecule has 1 aromatic heterocycles. The Bertz CT molecular complexity index is 759. The molecule has 2 aromatic rings. The monoisotopic (exact) mass is 370 g/mol. The van der Waals surface area contributed by atoms with E-state index < -0.39 is 10.0 Å². The Labute approximate surface area is 131 Å². The fourth-order valence-electron chi connectivity index (χ4n) is 2.51. The molecule has 8 heteroatoms. The van der Waals surface area contributed by atoms with Crippen LogP contribution in [-0.4, -0.2) is 32.0 Å². The Morgan fingerprint density at radius 1 is 1.48 bits per heavy atom. The molecule has 112 valence electrons. The molecule has 2 N–H and O–H groups in total. The van der Waals surface area contributed by atoms with Crippen molar-refractivity contribution in [2.75, 3.05) is 18.5 Å². The summed E-state index contributed by atoms with van der Waals surface area (Å²) in [5.74, 6) is 0. The summed E-state index contributed by atoms with van der Waals surface area (Å²) in [6.07, 6.45) is 4.33. The zero-order valence-corrected chi connectivity index (χ0v) is 13.8. The third kappa shape index (κ3) is 2.70. The SMILES string of the molecule is CNS(=O)(=O)c1cc2c(cc1Br)CCN2Cc1cnc[nH]1. The maximum atomic E-state index is 12.1. The van der Waals surface area contributed by atoms with Gasteiger partial charge in [0, 0.05) is 22.9 Å². The van der Waals surface area contributed by atoms with E-state index in [9.17, 15) is 8.42 Å². The van der Waals surface area contributed by atoms with Crippen molar-refractivity contribution in [3.63, 3.8) is 0 Å². The van der Waals surface area contributed by atoms with Crippen molar-refractivity contribution < 1.29 is 8.42 Å². The van der Waals surface area contributed by atoms with Gasteiger partial charge in [-0.3, -0.25) is 0 Å². The van der Waals surface area contributed by atoms with Crippen molar-refractivity contribution in [1.29, 1.82) is 0 Å². The average molecular weight is 371 g/mol. The first-order valence-corrected chi connectivity index (χ1v) is 8.77. The zero-order valence-electron chi connectivity index (χ0n) is 11.4. The summed E-state index contributed by atoms with van der Waals surface area (Å²) in [7, 11) is -2.07. The summed E-state index contributed by atoms with van der Waals surface area (Å²) in [5.41, 5.74) is 3.11. The average Bonchev–Trinajstić information content (AvgIpc) is 3.08. The van der Waals surface area contributed by atoms with E-state index in [1.807, 2.05) is 6.07 Å². The van der Waals surface area contributed by atoms with E-state index in [4.69, 9.17) is 0 Å². The van der Waals surface area contributed by atoms with Crippen molar-refractivity contribution in [1.82, 2.24) is 14.7 Å². The lowest BCUT2D eigenvalue weighted by molar-refractivity contribution is 0.587. The molecule has 0 aliphatic carbocycles. The number of fused-ring (bicyclic) bond motifs is 1. The van der Waals surface area contributed by atoms with Crippen molar-refractivity contribution in [3.8, 4) is 0 Å². The number of aromatic nitrogens is 2. The smallest absolute Gasteiger partial charge is 0.241 e. The molecule has 1 aliphatic rings.